The normalized spacial score (nSPS) is 16.1. The fraction of sp³-hybridized carbons (Fsp3) is 0.320. The number of piperidine rings is 1. The average molecular weight is 553 g/mol. The lowest BCUT2D eigenvalue weighted by atomic mass is 9.96. The monoisotopic (exact) mass is 552 g/mol. The van der Waals surface area contributed by atoms with Crippen molar-refractivity contribution in [3.05, 3.63) is 78.2 Å². The van der Waals surface area contributed by atoms with E-state index < -0.39 is 11.7 Å². The summed E-state index contributed by atoms with van der Waals surface area (Å²) in [5.41, 5.74) is 0.300. The number of aromatic hydroxyl groups is 1. The molecule has 3 heterocycles. The number of rotatable bonds is 5. The van der Waals surface area contributed by atoms with E-state index >= 15 is 0 Å². The van der Waals surface area contributed by atoms with Gasteiger partial charge >= 0.3 is 11.0 Å². The maximum atomic E-state index is 14.0. The molecule has 7 nitrogen and oxygen atoms in total. The fourth-order valence-electron chi connectivity index (χ4n) is 4.66. The van der Waals surface area contributed by atoms with E-state index in [1.165, 1.54) is 23.8 Å². The van der Waals surface area contributed by atoms with E-state index in [1.54, 1.807) is 24.4 Å². The van der Waals surface area contributed by atoms with Gasteiger partial charge in [-0.05, 0) is 66.6 Å². The zero-order chi connectivity index (χ0) is 25.4. The molecule has 2 aliphatic rings. The van der Waals surface area contributed by atoms with Crippen molar-refractivity contribution >= 4 is 35.5 Å². The summed E-state index contributed by atoms with van der Waals surface area (Å²) in [6.45, 7) is 1.43. The lowest BCUT2D eigenvalue weighted by Gasteiger charge is -2.23. The highest BCUT2D eigenvalue weighted by atomic mass is 35.5. The van der Waals surface area contributed by atoms with Gasteiger partial charge in [-0.2, -0.15) is 23.4 Å². The van der Waals surface area contributed by atoms with Gasteiger partial charge in [0.2, 0.25) is 5.88 Å². The van der Waals surface area contributed by atoms with Gasteiger partial charge in [0.1, 0.15) is 5.75 Å². The molecule has 2 N–H and O–H groups in total. The number of halogens is 4. The van der Waals surface area contributed by atoms with Crippen LogP contribution in [0.4, 0.5) is 13.2 Å². The van der Waals surface area contributed by atoms with Gasteiger partial charge in [0, 0.05) is 18.0 Å². The number of ether oxygens (including phenoxy) is 1. The summed E-state index contributed by atoms with van der Waals surface area (Å²) < 4.78 is 48.4. The van der Waals surface area contributed by atoms with Gasteiger partial charge in [0.25, 0.3) is 0 Å². The third kappa shape index (κ3) is 5.29. The first-order valence-corrected chi connectivity index (χ1v) is 12.2. The Bertz CT molecular complexity index is 1530. The number of nitrogens with zero attached hydrogens (tertiary/aromatic N) is 3. The standard InChI is InChI=1S/C25H23F3N4O3S.ClH/c1-35-18-4-2-15(20(12-18)25(26,27)28)11-19(14-3-5-21-16(10-14)13-30-31-21)22-23(33)32(24(34)36-22)17-6-8-29-9-7-17;/h2-5,10,12-13,17,29,33H,6-9,11H2,1H3;1H. The first-order valence-electron chi connectivity index (χ1n) is 11.4. The van der Waals surface area contributed by atoms with Crippen molar-refractivity contribution in [2.45, 2.75) is 31.5 Å². The van der Waals surface area contributed by atoms with Crippen molar-refractivity contribution in [1.82, 2.24) is 9.88 Å². The number of hydrogen-bond donors (Lipinski definition) is 2. The molecule has 0 aliphatic carbocycles. The summed E-state index contributed by atoms with van der Waals surface area (Å²) in [7, 11) is 1.31. The third-order valence-corrected chi connectivity index (χ3v) is 7.50. The summed E-state index contributed by atoms with van der Waals surface area (Å²) in [6.07, 6.45) is -1.87. The number of alkyl halides is 3. The largest absolute Gasteiger partial charge is 0.497 e. The molecule has 2 aromatic carbocycles. The Balaban J connectivity index is 0.00000320. The summed E-state index contributed by atoms with van der Waals surface area (Å²) in [5.74, 6) is -0.125. The lowest BCUT2D eigenvalue weighted by Crippen LogP contribution is -2.32. The molecular formula is C25H24ClF3N4O3S. The predicted octanol–water partition coefficient (Wildman–Crippen LogP) is 3.40. The maximum absolute atomic E-state index is 14.0. The van der Waals surface area contributed by atoms with Crippen molar-refractivity contribution in [2.24, 2.45) is 10.2 Å². The van der Waals surface area contributed by atoms with Gasteiger partial charge < -0.3 is 15.2 Å². The minimum atomic E-state index is -4.62. The Morgan fingerprint density at radius 3 is 2.68 bits per heavy atom. The molecule has 1 saturated heterocycles. The first-order chi connectivity index (χ1) is 17.3. The van der Waals surface area contributed by atoms with Crippen LogP contribution in [0.25, 0.3) is 5.57 Å². The van der Waals surface area contributed by atoms with Gasteiger partial charge in [0.15, 0.2) is 0 Å². The van der Waals surface area contributed by atoms with Crippen LogP contribution in [-0.2, 0) is 12.6 Å². The van der Waals surface area contributed by atoms with Crippen LogP contribution in [0.1, 0.15) is 40.5 Å². The summed E-state index contributed by atoms with van der Waals surface area (Å²) in [4.78, 5) is 12.9. The first kappa shape index (κ1) is 26.9. The third-order valence-electron chi connectivity index (χ3n) is 6.49. The zero-order valence-electron chi connectivity index (χ0n) is 19.7. The van der Waals surface area contributed by atoms with Crippen molar-refractivity contribution in [3.63, 3.8) is 0 Å². The molecule has 3 aromatic rings. The van der Waals surface area contributed by atoms with Gasteiger partial charge in [-0.15, -0.1) is 12.4 Å². The number of methoxy groups -OCH3 is 1. The molecule has 2 aliphatic heterocycles. The van der Waals surface area contributed by atoms with E-state index in [4.69, 9.17) is 4.74 Å². The Labute approximate surface area is 220 Å². The molecule has 0 spiro atoms. The van der Waals surface area contributed by atoms with Gasteiger partial charge in [-0.1, -0.05) is 23.5 Å². The number of hydrogen-bond acceptors (Lipinski definition) is 7. The zero-order valence-corrected chi connectivity index (χ0v) is 21.3. The van der Waals surface area contributed by atoms with Crippen molar-refractivity contribution in [2.75, 3.05) is 20.2 Å². The number of nitrogens with one attached hydrogen (secondary N) is 1. The highest BCUT2D eigenvalue weighted by molar-refractivity contribution is 7.10. The van der Waals surface area contributed by atoms with Crippen molar-refractivity contribution < 1.29 is 23.0 Å². The minimum absolute atomic E-state index is 0. The molecule has 1 fully saturated rings. The van der Waals surface area contributed by atoms with Crippen LogP contribution in [0.3, 0.4) is 0 Å². The molecule has 196 valence electrons. The van der Waals surface area contributed by atoms with Crippen LogP contribution in [0.15, 0.2) is 51.4 Å². The molecule has 0 atom stereocenters. The molecule has 5 rings (SSSR count). The van der Waals surface area contributed by atoms with Gasteiger partial charge in [-0.3, -0.25) is 9.36 Å². The molecule has 1 aromatic heterocycles. The number of fused-ring (bicyclic) bond motifs is 1. The summed E-state index contributed by atoms with van der Waals surface area (Å²) in [6, 6.07) is 8.84. The highest BCUT2D eigenvalue weighted by Crippen LogP contribution is 2.38. The molecular weight excluding hydrogens is 529 g/mol. The smallest absolute Gasteiger partial charge is 0.416 e. The second-order valence-corrected chi connectivity index (χ2v) is 9.63. The molecule has 0 bridgehead atoms. The Kier molecular flexibility index (Phi) is 7.77. The molecule has 0 saturated carbocycles. The van der Waals surface area contributed by atoms with Crippen LogP contribution < -0.4 is 25.5 Å². The van der Waals surface area contributed by atoms with Crippen molar-refractivity contribution in [3.8, 4) is 11.6 Å². The summed E-state index contributed by atoms with van der Waals surface area (Å²) in [5, 5.41) is 23.6. The topological polar surface area (TPSA) is 88.2 Å². The molecule has 0 unspecified atom stereocenters. The maximum Gasteiger partial charge on any atom is 0.416 e. The minimum Gasteiger partial charge on any atom is -0.497 e. The predicted molar refractivity (Wildman–Crippen MR) is 138 cm³/mol. The van der Waals surface area contributed by atoms with Gasteiger partial charge in [-0.25, -0.2) is 0 Å². The second-order valence-electron chi connectivity index (χ2n) is 8.67. The van der Waals surface area contributed by atoms with E-state index in [0.29, 0.717) is 47.6 Å². The van der Waals surface area contributed by atoms with Crippen LogP contribution >= 0.6 is 23.7 Å². The molecule has 37 heavy (non-hydrogen) atoms. The Morgan fingerprint density at radius 2 is 1.97 bits per heavy atom. The van der Waals surface area contributed by atoms with Crippen LogP contribution in [-0.4, -0.2) is 36.1 Å². The lowest BCUT2D eigenvalue weighted by molar-refractivity contribution is -0.138. The van der Waals surface area contributed by atoms with E-state index in [2.05, 4.69) is 15.5 Å². The van der Waals surface area contributed by atoms with E-state index in [0.717, 1.165) is 17.4 Å². The molecule has 0 amide bonds. The second kappa shape index (κ2) is 10.7. The number of aromatic nitrogens is 1. The van der Waals surface area contributed by atoms with E-state index in [9.17, 15) is 23.1 Å². The van der Waals surface area contributed by atoms with Gasteiger partial charge in [0.05, 0.1) is 29.1 Å². The molecule has 12 heteroatoms. The van der Waals surface area contributed by atoms with E-state index in [-0.39, 0.29) is 51.8 Å². The number of thiazole rings is 1. The SMILES string of the molecule is COc1ccc(CC(c2sc(=O)n(C3CCNCC3)c2O)=c2ccc3c(c2)C=NN=3)c(C(F)(F)F)c1.Cl. The van der Waals surface area contributed by atoms with E-state index in [1.807, 2.05) is 0 Å². The fourth-order valence-corrected chi connectivity index (χ4v) is 5.67. The Morgan fingerprint density at radius 1 is 1.22 bits per heavy atom. The number of benzene rings is 2. The molecule has 0 radical (unpaired) electrons. The van der Waals surface area contributed by atoms with Crippen LogP contribution in [0.5, 0.6) is 11.6 Å². The summed E-state index contributed by atoms with van der Waals surface area (Å²) >= 11 is 0.848. The van der Waals surface area contributed by atoms with Crippen LogP contribution in [0.2, 0.25) is 0 Å². The van der Waals surface area contributed by atoms with Crippen molar-refractivity contribution in [1.29, 1.82) is 0 Å². The Hall–Kier alpha value is -3.15. The average Bonchev–Trinajstić information content (AvgIpc) is 3.45. The highest BCUT2D eigenvalue weighted by Gasteiger charge is 2.34. The van der Waals surface area contributed by atoms with Crippen LogP contribution in [0, 0.1) is 0 Å². The quantitative estimate of drug-likeness (QED) is 0.508.